The molecule has 0 radical (unpaired) electrons. The fourth-order valence-electron chi connectivity index (χ4n) is 4.51. The fraction of sp³-hybridized carbons (Fsp3) is 0.619. The summed E-state index contributed by atoms with van der Waals surface area (Å²) in [5, 5.41) is 7.83. The van der Waals surface area contributed by atoms with Crippen LogP contribution in [-0.4, -0.2) is 49.0 Å². The van der Waals surface area contributed by atoms with Gasteiger partial charge in [0.1, 0.15) is 0 Å². The summed E-state index contributed by atoms with van der Waals surface area (Å²) >= 11 is 6.11. The molecular weight excluding hydrogens is 360 g/mol. The number of nitrogens with one attached hydrogen (secondary N) is 2. The molecule has 1 amide bonds. The van der Waals surface area contributed by atoms with E-state index in [9.17, 15) is 4.79 Å². The number of hydrogen-bond donors (Lipinski definition) is 2. The molecule has 6 heteroatoms. The van der Waals surface area contributed by atoms with Gasteiger partial charge in [0, 0.05) is 49.1 Å². The molecule has 2 saturated carbocycles. The molecule has 3 aliphatic rings. The molecule has 1 aromatic rings. The van der Waals surface area contributed by atoms with Gasteiger partial charge in [0.15, 0.2) is 5.96 Å². The van der Waals surface area contributed by atoms with Crippen LogP contribution in [-0.2, 0) is 4.79 Å². The Labute approximate surface area is 166 Å². The second-order valence-corrected chi connectivity index (χ2v) is 8.55. The van der Waals surface area contributed by atoms with E-state index in [4.69, 9.17) is 11.6 Å². The Morgan fingerprint density at radius 2 is 2.04 bits per heavy atom. The Balaban J connectivity index is 1.26. The van der Waals surface area contributed by atoms with Crippen LogP contribution in [0.5, 0.6) is 0 Å². The number of likely N-dealkylation sites (tertiary alicyclic amines) is 1. The van der Waals surface area contributed by atoms with Crippen LogP contribution in [0.25, 0.3) is 0 Å². The maximum Gasteiger partial charge on any atom is 0.225 e. The van der Waals surface area contributed by atoms with Crippen LogP contribution in [0.4, 0.5) is 0 Å². The highest BCUT2D eigenvalue weighted by atomic mass is 35.5. The predicted octanol–water partition coefficient (Wildman–Crippen LogP) is 3.15. The minimum Gasteiger partial charge on any atom is -0.353 e. The van der Waals surface area contributed by atoms with Gasteiger partial charge in [-0.15, -0.1) is 0 Å². The van der Waals surface area contributed by atoms with Crippen LogP contribution in [0.15, 0.2) is 29.3 Å². The zero-order valence-corrected chi connectivity index (χ0v) is 16.7. The minimum atomic E-state index is 0.270. The number of rotatable bonds is 4. The molecule has 3 unspecified atom stereocenters. The van der Waals surface area contributed by atoms with Crippen molar-refractivity contribution < 1.29 is 4.79 Å². The second kappa shape index (κ2) is 8.09. The van der Waals surface area contributed by atoms with E-state index in [1.54, 1.807) is 0 Å². The first kappa shape index (κ1) is 18.6. The van der Waals surface area contributed by atoms with Gasteiger partial charge in [-0.25, -0.2) is 0 Å². The molecule has 0 spiro atoms. The van der Waals surface area contributed by atoms with Crippen LogP contribution in [0.1, 0.15) is 50.0 Å². The average Bonchev–Trinajstić information content (AvgIpc) is 3.06. The third kappa shape index (κ3) is 4.40. The maximum atomic E-state index is 12.6. The van der Waals surface area contributed by atoms with Gasteiger partial charge in [-0.1, -0.05) is 36.6 Å². The first-order chi connectivity index (χ1) is 13.1. The van der Waals surface area contributed by atoms with Gasteiger partial charge in [0.25, 0.3) is 0 Å². The summed E-state index contributed by atoms with van der Waals surface area (Å²) in [5.74, 6) is 1.96. The van der Waals surface area contributed by atoms with Crippen molar-refractivity contribution in [2.45, 2.75) is 56.5 Å². The molecule has 27 heavy (non-hydrogen) atoms. The quantitative estimate of drug-likeness (QED) is 0.615. The zero-order chi connectivity index (χ0) is 18.8. The number of amides is 1. The van der Waals surface area contributed by atoms with E-state index in [1.165, 1.54) is 18.4 Å². The highest BCUT2D eigenvalue weighted by Crippen LogP contribution is 2.41. The monoisotopic (exact) mass is 388 g/mol. The number of carbonyl (C=O) groups is 1. The summed E-state index contributed by atoms with van der Waals surface area (Å²) in [6.45, 7) is 1.65. The highest BCUT2D eigenvalue weighted by molar-refractivity contribution is 6.30. The van der Waals surface area contributed by atoms with Crippen molar-refractivity contribution in [3.63, 3.8) is 0 Å². The molecule has 0 aromatic heterocycles. The van der Waals surface area contributed by atoms with E-state index in [1.807, 2.05) is 30.1 Å². The van der Waals surface area contributed by atoms with Crippen molar-refractivity contribution in [3.05, 3.63) is 34.9 Å². The Hall–Kier alpha value is -1.75. The lowest BCUT2D eigenvalue weighted by atomic mass is 10.1. The smallest absolute Gasteiger partial charge is 0.225 e. The molecule has 1 aromatic carbocycles. The first-order valence-electron chi connectivity index (χ1n) is 10.2. The number of aliphatic imine (C=N–C) groups is 1. The molecule has 5 nitrogen and oxygen atoms in total. The first-order valence-corrected chi connectivity index (χ1v) is 10.6. The van der Waals surface area contributed by atoms with E-state index >= 15 is 0 Å². The number of carbonyl (C=O) groups excluding carboxylic acids is 1. The van der Waals surface area contributed by atoms with Gasteiger partial charge in [-0.3, -0.25) is 9.79 Å². The van der Waals surface area contributed by atoms with E-state index in [0.717, 1.165) is 49.8 Å². The molecular formula is C21H29ClN4O. The van der Waals surface area contributed by atoms with Gasteiger partial charge in [0.2, 0.25) is 5.91 Å². The van der Waals surface area contributed by atoms with Crippen molar-refractivity contribution in [3.8, 4) is 0 Å². The van der Waals surface area contributed by atoms with Gasteiger partial charge in [0.05, 0.1) is 0 Å². The Morgan fingerprint density at radius 3 is 2.78 bits per heavy atom. The standard InChI is InChI=1S/C21H29ClN4O/c1-23-21(25-19-12-18(19)15-7-4-8-16(22)11-15)24-17-9-10-26(13-17)20(27)14-5-2-3-6-14/h4,7-8,11,14,17-19H,2-3,5-6,9-10,12-13H2,1H3,(H2,23,24,25). The van der Waals surface area contributed by atoms with Gasteiger partial charge < -0.3 is 15.5 Å². The van der Waals surface area contributed by atoms with Gasteiger partial charge in [-0.2, -0.15) is 0 Å². The Morgan fingerprint density at radius 1 is 1.22 bits per heavy atom. The third-order valence-corrected chi connectivity index (χ3v) is 6.39. The van der Waals surface area contributed by atoms with Gasteiger partial charge >= 0.3 is 0 Å². The van der Waals surface area contributed by atoms with Crippen molar-refractivity contribution in [1.82, 2.24) is 15.5 Å². The molecule has 2 N–H and O–H groups in total. The number of guanidine groups is 1. The van der Waals surface area contributed by atoms with Crippen LogP contribution in [0.2, 0.25) is 5.02 Å². The molecule has 1 saturated heterocycles. The molecule has 3 atom stereocenters. The molecule has 0 bridgehead atoms. The van der Waals surface area contributed by atoms with Gasteiger partial charge in [-0.05, 0) is 43.4 Å². The lowest BCUT2D eigenvalue weighted by molar-refractivity contribution is -0.134. The summed E-state index contributed by atoms with van der Waals surface area (Å²) in [6, 6.07) is 8.78. The normalized spacial score (nSPS) is 28.4. The Bertz CT molecular complexity index is 716. The summed E-state index contributed by atoms with van der Waals surface area (Å²) in [4.78, 5) is 19.0. The summed E-state index contributed by atoms with van der Waals surface area (Å²) in [5.41, 5.74) is 1.28. The largest absolute Gasteiger partial charge is 0.353 e. The number of halogens is 1. The number of benzene rings is 1. The summed E-state index contributed by atoms with van der Waals surface area (Å²) in [6.07, 6.45) is 6.64. The molecule has 1 aliphatic heterocycles. The lowest BCUT2D eigenvalue weighted by Crippen LogP contribution is -2.46. The maximum absolute atomic E-state index is 12.6. The fourth-order valence-corrected chi connectivity index (χ4v) is 4.71. The summed E-state index contributed by atoms with van der Waals surface area (Å²) in [7, 11) is 1.81. The average molecular weight is 389 g/mol. The van der Waals surface area contributed by atoms with Crippen LogP contribution in [0, 0.1) is 5.92 Å². The topological polar surface area (TPSA) is 56.7 Å². The van der Waals surface area contributed by atoms with Crippen molar-refractivity contribution in [1.29, 1.82) is 0 Å². The molecule has 146 valence electrons. The van der Waals surface area contributed by atoms with Crippen molar-refractivity contribution in [2.24, 2.45) is 10.9 Å². The Kier molecular flexibility index (Phi) is 5.58. The SMILES string of the molecule is CN=C(NC1CCN(C(=O)C2CCCC2)C1)NC1CC1c1cccc(Cl)c1. The zero-order valence-electron chi connectivity index (χ0n) is 16.0. The van der Waals surface area contributed by atoms with Crippen molar-refractivity contribution >= 4 is 23.5 Å². The predicted molar refractivity (Wildman–Crippen MR) is 109 cm³/mol. The summed E-state index contributed by atoms with van der Waals surface area (Å²) < 4.78 is 0. The molecule has 4 rings (SSSR count). The molecule has 3 fully saturated rings. The highest BCUT2D eigenvalue weighted by Gasteiger charge is 2.39. The number of nitrogens with zero attached hydrogens (tertiary/aromatic N) is 2. The lowest BCUT2D eigenvalue weighted by Gasteiger charge is -2.21. The minimum absolute atomic E-state index is 0.270. The second-order valence-electron chi connectivity index (χ2n) is 8.12. The van der Waals surface area contributed by atoms with E-state index in [0.29, 0.717) is 17.9 Å². The van der Waals surface area contributed by atoms with Crippen LogP contribution >= 0.6 is 11.6 Å². The van der Waals surface area contributed by atoms with Crippen LogP contribution < -0.4 is 10.6 Å². The van der Waals surface area contributed by atoms with E-state index in [-0.39, 0.29) is 12.0 Å². The van der Waals surface area contributed by atoms with E-state index < -0.39 is 0 Å². The molecule has 1 heterocycles. The van der Waals surface area contributed by atoms with Crippen LogP contribution in [0.3, 0.4) is 0 Å². The molecule has 2 aliphatic carbocycles. The van der Waals surface area contributed by atoms with Crippen molar-refractivity contribution in [2.75, 3.05) is 20.1 Å². The van der Waals surface area contributed by atoms with E-state index in [2.05, 4.69) is 21.7 Å². The number of hydrogen-bond acceptors (Lipinski definition) is 2. The third-order valence-electron chi connectivity index (χ3n) is 6.16.